The molecule has 9 aromatic carbocycles. The summed E-state index contributed by atoms with van der Waals surface area (Å²) in [6, 6.07) is 86.5. The van der Waals surface area contributed by atoms with E-state index < -0.39 is 48.6 Å². The molecule has 3 N–H and O–H groups in total. The van der Waals surface area contributed by atoms with E-state index in [1.165, 1.54) is 37.8 Å². The van der Waals surface area contributed by atoms with E-state index in [1.807, 2.05) is 164 Å². The van der Waals surface area contributed by atoms with Crippen molar-refractivity contribution in [3.63, 3.8) is 0 Å². The molecule has 1 saturated heterocycles. The first-order chi connectivity index (χ1) is 68.8. The number of epoxide rings is 1. The Morgan fingerprint density at radius 3 is 0.986 bits per heavy atom. The molecule has 142 heavy (non-hydrogen) atoms. The molecule has 1 aliphatic heterocycles. The molecule has 4 unspecified atom stereocenters. The van der Waals surface area contributed by atoms with Crippen molar-refractivity contribution in [2.75, 3.05) is 84.1 Å². The number of aliphatic hydroxyl groups is 1. The summed E-state index contributed by atoms with van der Waals surface area (Å²) >= 11 is 8.48. The Morgan fingerprint density at radius 2 is 0.669 bits per heavy atom. The van der Waals surface area contributed by atoms with E-state index >= 15 is 0 Å². The smallest absolute Gasteiger partial charge is 0.333 e. The summed E-state index contributed by atoms with van der Waals surface area (Å²) in [5, 5.41) is 28.8. The molecule has 14 rings (SSSR count). The largest absolute Gasteiger partial charge is 0.492 e. The number of carboxylic acids is 2. The van der Waals surface area contributed by atoms with Crippen LogP contribution in [0.25, 0.3) is 45.0 Å². The van der Waals surface area contributed by atoms with Crippen LogP contribution in [-0.2, 0) is 113 Å². The van der Waals surface area contributed by atoms with Crippen molar-refractivity contribution in [1.82, 2.24) is 18.3 Å². The number of carboxylic acid groups (broad SMARTS) is 2. The molecule has 0 aliphatic carbocycles. The Bertz CT molecular complexity index is 6180. The highest BCUT2D eigenvalue weighted by molar-refractivity contribution is 7.99. The third kappa shape index (κ3) is 32.3. The number of rotatable bonds is 52. The zero-order chi connectivity index (χ0) is 102. The number of nitrogens with zero attached hydrogens (tertiary/aromatic N) is 4. The van der Waals surface area contributed by atoms with Gasteiger partial charge in [0.15, 0.2) is 53.8 Å². The predicted octanol–water partition coefficient (Wildman–Crippen LogP) is 22.4. The van der Waals surface area contributed by atoms with Gasteiger partial charge in [-0.05, 0) is 288 Å². The van der Waals surface area contributed by atoms with Crippen LogP contribution in [0.15, 0.2) is 285 Å². The molecule has 0 saturated carbocycles. The highest BCUT2D eigenvalue weighted by Gasteiger charge is 2.48. The number of benzene rings is 9. The summed E-state index contributed by atoms with van der Waals surface area (Å²) < 4.78 is 60.1. The minimum absolute atomic E-state index is 0.0191. The molecule has 6 atom stereocenters. The number of Topliss-reactive ketones (excluding diaryl/α,β-unsaturated/α-hetero) is 4. The van der Waals surface area contributed by atoms with Crippen LogP contribution >= 0.6 is 58.8 Å². The maximum absolute atomic E-state index is 11.8. The second-order valence-electron chi connectivity index (χ2n) is 33.3. The van der Waals surface area contributed by atoms with Crippen LogP contribution in [0, 0.1) is 6.92 Å². The van der Waals surface area contributed by atoms with Crippen LogP contribution in [-0.4, -0.2) is 196 Å². The van der Waals surface area contributed by atoms with Crippen molar-refractivity contribution in [3.05, 3.63) is 317 Å². The van der Waals surface area contributed by atoms with E-state index in [-0.39, 0.29) is 42.6 Å². The lowest BCUT2D eigenvalue weighted by Gasteiger charge is -2.16. The van der Waals surface area contributed by atoms with Crippen molar-refractivity contribution in [2.45, 2.75) is 181 Å². The van der Waals surface area contributed by atoms with Gasteiger partial charge in [0.25, 0.3) is 0 Å². The van der Waals surface area contributed by atoms with Gasteiger partial charge in [0, 0.05) is 128 Å². The van der Waals surface area contributed by atoms with Gasteiger partial charge in [-0.2, -0.15) is 0 Å². The van der Waals surface area contributed by atoms with Crippen molar-refractivity contribution < 1.29 is 91.5 Å². The fraction of sp³-hybridized carbons (Fsp3) is 0.325. The topological polar surface area (TPSA) is 286 Å². The van der Waals surface area contributed by atoms with E-state index in [0.717, 1.165) is 107 Å². The number of aliphatic carboxylic acids is 2. The Kier molecular flexibility index (Phi) is 44.2. The molecular weight excluding hydrogens is 1890 g/mol. The molecule has 0 bridgehead atoms. The standard InChI is InChI=1S/C50H56N2O8S2.C26H31NO4S.C26H29NO4S.C12H12O3S/c1-6-57-47(49(53)54)30-35-8-17-41(18-9-35)59-28-26-51-34(3)39(33-46(51)38-14-23-44(62-5)24-15-38)32-40-16-25-45(37-12-21-43(61-4)22-13-37)52(40)27-29-60-42-19-10-36(11-20-42)31-48(50(55)56)58-7-2;2*1-4-30-26(19(2)29)17-20-5-10-23(11-6-20)31-16-15-27-22(18-28)9-14-25(27)21-7-12-24(32-3)13-8-21;1-7(13)11-12(15-11)10(14)8-3-5-9(16-2)6-4-8/h8-25,33,47-48H,6-7,26-32H2,1-5H3,(H,53,54)(H,55,56);5-14,26,28H,4,15-18H2,1-3H3;5-14,18,26H,4,15-17H2,1-3H3;3-6,11-12H,1-2H3/t;2*26-;/m.00./s1. The first-order valence-corrected chi connectivity index (χ1v) is 53.5. The molecule has 748 valence electrons. The Labute approximate surface area is 854 Å². The van der Waals surface area contributed by atoms with E-state index in [0.29, 0.717) is 115 Å². The zero-order valence-corrected chi connectivity index (χ0v) is 86.9. The number of aromatic nitrogens is 4. The number of aldehydes is 1. The zero-order valence-electron chi connectivity index (χ0n) is 82.8. The van der Waals surface area contributed by atoms with Gasteiger partial charge in [-0.15, -0.1) is 58.8 Å². The minimum Gasteiger partial charge on any atom is -0.492 e. The Balaban J connectivity index is 0.000000201. The van der Waals surface area contributed by atoms with E-state index in [1.54, 1.807) is 98.6 Å². The molecule has 0 spiro atoms. The van der Waals surface area contributed by atoms with Gasteiger partial charge in [0.05, 0.1) is 38.5 Å². The number of aliphatic hydroxyl groups excluding tert-OH is 1. The normalized spacial score (nSPS) is 13.3. The lowest BCUT2D eigenvalue weighted by molar-refractivity contribution is -0.150. The Hall–Kier alpha value is -11.9. The SMILES string of the molecule is CCOC(Cc1ccc(OCCn2c(Cc3cc(-c4ccc(SC)cc4)n(CCOc4ccc(CC(OCC)C(=O)O)cc4)c3C)ccc2-c2ccc(SC)cc2)cc1)C(=O)O.CCO[C@@H](Cc1ccc(OCCn2c(C=O)ccc2-c2ccc(SC)cc2)cc1)C(C)=O.CCO[C@@H](Cc1ccc(OCCn2c(CO)ccc2-c2ccc(SC)cc2)cc1)C(C)=O.CSc1ccc(C(=O)C2OC2C(C)=O)cc1. The fourth-order valence-electron chi connectivity index (χ4n) is 16.3. The number of carbonyl (C=O) groups excluding carboxylic acids is 5. The molecule has 23 nitrogen and oxygen atoms in total. The van der Waals surface area contributed by atoms with Gasteiger partial charge in [0.2, 0.25) is 0 Å². The first-order valence-electron chi connectivity index (χ1n) is 47.4. The number of thioether (sulfide) groups is 5. The molecule has 0 amide bonds. The van der Waals surface area contributed by atoms with Crippen molar-refractivity contribution in [2.24, 2.45) is 0 Å². The van der Waals surface area contributed by atoms with Crippen LogP contribution in [0.4, 0.5) is 0 Å². The number of ether oxygens (including phenoxy) is 9. The molecule has 5 heterocycles. The van der Waals surface area contributed by atoms with Crippen molar-refractivity contribution >= 4 is 100 Å². The van der Waals surface area contributed by atoms with Crippen LogP contribution < -0.4 is 18.9 Å². The maximum atomic E-state index is 11.8. The second-order valence-corrected chi connectivity index (χ2v) is 37.7. The summed E-state index contributed by atoms with van der Waals surface area (Å²) in [6.07, 6.45) is 9.86. The molecular formula is C114H128N4O19S5. The lowest BCUT2D eigenvalue weighted by Crippen LogP contribution is -2.26. The summed E-state index contributed by atoms with van der Waals surface area (Å²) in [5.41, 5.74) is 18.2. The van der Waals surface area contributed by atoms with Crippen LogP contribution in [0.1, 0.15) is 114 Å². The molecule has 1 fully saturated rings. The average Bonchev–Trinajstić information content (AvgIpc) is 1.67. The van der Waals surface area contributed by atoms with Gasteiger partial charge in [0.1, 0.15) is 61.6 Å². The average molecular weight is 2020 g/mol. The molecule has 28 heteroatoms. The highest BCUT2D eigenvalue weighted by atomic mass is 32.2. The van der Waals surface area contributed by atoms with Gasteiger partial charge < -0.3 is 76.2 Å². The lowest BCUT2D eigenvalue weighted by atomic mass is 10.1. The van der Waals surface area contributed by atoms with Gasteiger partial charge in [-0.1, -0.05) is 109 Å². The van der Waals surface area contributed by atoms with Gasteiger partial charge >= 0.3 is 11.9 Å². The third-order valence-corrected chi connectivity index (χ3v) is 27.7. The van der Waals surface area contributed by atoms with E-state index in [9.17, 15) is 48.9 Å². The predicted molar refractivity (Wildman–Crippen MR) is 568 cm³/mol. The number of ketones is 4. The Morgan fingerprint density at radius 1 is 0.366 bits per heavy atom. The highest BCUT2D eigenvalue weighted by Crippen LogP contribution is 2.36. The first kappa shape index (κ1) is 110. The van der Waals surface area contributed by atoms with Crippen LogP contribution in [0.5, 0.6) is 23.0 Å². The monoisotopic (exact) mass is 2020 g/mol. The summed E-state index contributed by atoms with van der Waals surface area (Å²) in [6.45, 7) is 20.0. The number of hydrogen-bond donors (Lipinski definition) is 3. The molecule has 0 radical (unpaired) electrons. The van der Waals surface area contributed by atoms with Crippen molar-refractivity contribution in [3.8, 4) is 68.0 Å². The van der Waals surface area contributed by atoms with Crippen LogP contribution in [0.2, 0.25) is 0 Å². The van der Waals surface area contributed by atoms with Gasteiger partial charge in [-0.3, -0.25) is 24.0 Å². The minimum atomic E-state index is -0.970. The third-order valence-electron chi connectivity index (χ3n) is 24.0. The van der Waals surface area contributed by atoms with Gasteiger partial charge in [-0.25, -0.2) is 9.59 Å². The molecule has 1 aliphatic rings. The summed E-state index contributed by atoms with van der Waals surface area (Å²) in [5.74, 6) is 0.894. The molecule has 4 aromatic heterocycles. The summed E-state index contributed by atoms with van der Waals surface area (Å²) in [7, 11) is 0. The van der Waals surface area contributed by atoms with E-state index in [2.05, 4.69) is 155 Å². The quantitative estimate of drug-likeness (QED) is 0.0138. The summed E-state index contributed by atoms with van der Waals surface area (Å²) in [4.78, 5) is 86.9. The fourth-order valence-corrected chi connectivity index (χ4v) is 18.3. The maximum Gasteiger partial charge on any atom is 0.333 e. The molecule has 13 aromatic rings. The van der Waals surface area contributed by atoms with E-state index in [4.69, 9.17) is 42.6 Å². The number of carbonyl (C=O) groups is 7. The van der Waals surface area contributed by atoms with Crippen molar-refractivity contribution in [1.29, 1.82) is 0 Å². The second kappa shape index (κ2) is 56.8. The van der Waals surface area contributed by atoms with Crippen LogP contribution in [0.3, 0.4) is 0 Å². The number of hydrogen-bond acceptors (Lipinski definition) is 22.